The Bertz CT molecular complexity index is 246. The number of fused-ring (bicyclic) bond motifs is 1. The number of aliphatic hydroxyl groups is 1. The van der Waals surface area contributed by atoms with Gasteiger partial charge in [-0.2, -0.15) is 0 Å². The minimum Gasteiger partial charge on any atom is -0.394 e. The third-order valence-electron chi connectivity index (χ3n) is 4.74. The summed E-state index contributed by atoms with van der Waals surface area (Å²) in [6.07, 6.45) is 7.54. The molecule has 2 atom stereocenters. The number of rotatable bonds is 6. The van der Waals surface area contributed by atoms with Crippen LogP contribution in [-0.2, 0) is 0 Å². The van der Waals surface area contributed by atoms with Gasteiger partial charge in [0.2, 0.25) is 0 Å². The molecule has 0 radical (unpaired) electrons. The Labute approximate surface area is 106 Å². The van der Waals surface area contributed by atoms with E-state index in [1.165, 1.54) is 58.2 Å². The van der Waals surface area contributed by atoms with Gasteiger partial charge in [-0.25, -0.2) is 0 Å². The Morgan fingerprint density at radius 2 is 2.24 bits per heavy atom. The first-order valence-electron chi connectivity index (χ1n) is 7.28. The van der Waals surface area contributed by atoms with Crippen molar-refractivity contribution in [3.63, 3.8) is 0 Å². The molecule has 2 fully saturated rings. The second-order valence-electron chi connectivity index (χ2n) is 5.99. The van der Waals surface area contributed by atoms with E-state index in [1.54, 1.807) is 0 Å². The molecular weight excluding hydrogens is 212 g/mol. The van der Waals surface area contributed by atoms with Gasteiger partial charge in [0, 0.05) is 18.1 Å². The maximum absolute atomic E-state index is 9.67. The Morgan fingerprint density at radius 3 is 2.94 bits per heavy atom. The first-order valence-corrected chi connectivity index (χ1v) is 7.28. The molecule has 0 saturated carbocycles. The van der Waals surface area contributed by atoms with Crippen LogP contribution in [0.15, 0.2) is 0 Å². The largest absolute Gasteiger partial charge is 0.394 e. The quantitative estimate of drug-likeness (QED) is 0.765. The molecule has 2 saturated heterocycles. The van der Waals surface area contributed by atoms with E-state index >= 15 is 0 Å². The predicted molar refractivity (Wildman–Crippen MR) is 71.2 cm³/mol. The lowest BCUT2D eigenvalue weighted by molar-refractivity contribution is 0.0681. The van der Waals surface area contributed by atoms with Crippen LogP contribution in [0, 0.1) is 0 Å². The molecule has 0 aliphatic carbocycles. The van der Waals surface area contributed by atoms with Crippen molar-refractivity contribution >= 4 is 0 Å². The predicted octanol–water partition coefficient (Wildman–Crippen LogP) is 1.71. The topological polar surface area (TPSA) is 26.7 Å². The van der Waals surface area contributed by atoms with Crippen LogP contribution in [0.1, 0.15) is 45.4 Å². The van der Waals surface area contributed by atoms with Crippen molar-refractivity contribution in [3.05, 3.63) is 0 Å². The van der Waals surface area contributed by atoms with Crippen LogP contribution in [0.4, 0.5) is 0 Å². The lowest BCUT2D eigenvalue weighted by atomic mass is 9.95. The van der Waals surface area contributed by atoms with Gasteiger partial charge in [-0.3, -0.25) is 4.90 Å². The summed E-state index contributed by atoms with van der Waals surface area (Å²) in [5.74, 6) is 0. The molecule has 1 N–H and O–H groups in total. The average Bonchev–Trinajstić information content (AvgIpc) is 2.88. The highest BCUT2D eigenvalue weighted by Gasteiger charge is 2.48. The maximum atomic E-state index is 9.67. The van der Waals surface area contributed by atoms with Gasteiger partial charge in [-0.15, -0.1) is 0 Å². The van der Waals surface area contributed by atoms with E-state index in [0.29, 0.717) is 12.6 Å². The third-order valence-corrected chi connectivity index (χ3v) is 4.74. The molecule has 0 bridgehead atoms. The van der Waals surface area contributed by atoms with Gasteiger partial charge in [0.05, 0.1) is 6.61 Å². The summed E-state index contributed by atoms with van der Waals surface area (Å²) in [5, 5.41) is 9.67. The smallest absolute Gasteiger partial charge is 0.0615 e. The van der Waals surface area contributed by atoms with Crippen molar-refractivity contribution in [2.45, 2.75) is 57.0 Å². The zero-order chi connectivity index (χ0) is 12.3. The van der Waals surface area contributed by atoms with Crippen LogP contribution < -0.4 is 0 Å². The highest BCUT2D eigenvalue weighted by Crippen LogP contribution is 2.42. The number of aliphatic hydroxyl groups excluding tert-OH is 1. The first-order chi connectivity index (χ1) is 8.22. The van der Waals surface area contributed by atoms with E-state index in [2.05, 4.69) is 23.8 Å². The lowest BCUT2D eigenvalue weighted by Gasteiger charge is -2.35. The molecule has 3 heteroatoms. The van der Waals surface area contributed by atoms with Gasteiger partial charge in [-0.05, 0) is 52.2 Å². The molecule has 0 aromatic carbocycles. The van der Waals surface area contributed by atoms with E-state index in [-0.39, 0.29) is 5.54 Å². The monoisotopic (exact) mass is 240 g/mol. The van der Waals surface area contributed by atoms with Gasteiger partial charge in [0.15, 0.2) is 0 Å². The van der Waals surface area contributed by atoms with Gasteiger partial charge in [0.25, 0.3) is 0 Å². The lowest BCUT2D eigenvalue weighted by Crippen LogP contribution is -2.48. The fourth-order valence-corrected chi connectivity index (χ4v) is 3.71. The van der Waals surface area contributed by atoms with Gasteiger partial charge in [0.1, 0.15) is 0 Å². The van der Waals surface area contributed by atoms with Crippen molar-refractivity contribution in [2.75, 3.05) is 33.3 Å². The van der Waals surface area contributed by atoms with Crippen LogP contribution in [0.3, 0.4) is 0 Å². The summed E-state index contributed by atoms with van der Waals surface area (Å²) in [6, 6.07) is 0.687. The van der Waals surface area contributed by atoms with Gasteiger partial charge < -0.3 is 10.0 Å². The van der Waals surface area contributed by atoms with Crippen LogP contribution in [0.2, 0.25) is 0 Å². The van der Waals surface area contributed by atoms with E-state index in [4.69, 9.17) is 0 Å². The number of unbranched alkanes of at least 4 members (excludes halogenated alkanes) is 1. The fraction of sp³-hybridized carbons (Fsp3) is 1.00. The van der Waals surface area contributed by atoms with E-state index in [1.807, 2.05) is 0 Å². The van der Waals surface area contributed by atoms with E-state index in [0.717, 1.165) is 0 Å². The Balaban J connectivity index is 1.86. The molecule has 2 aliphatic rings. The number of hydrogen-bond donors (Lipinski definition) is 1. The summed E-state index contributed by atoms with van der Waals surface area (Å²) < 4.78 is 0. The standard InChI is InChI=1S/C14H28N2O/c1-3-4-9-15(2)11-13-6-8-14(12-17)7-5-10-16(13)14/h13,17H,3-12H2,1-2H3. The highest BCUT2D eigenvalue weighted by atomic mass is 16.3. The SMILES string of the molecule is CCCCN(C)CC1CCC2(CO)CCCN12. The molecular formula is C14H28N2O. The normalized spacial score (nSPS) is 33.5. The molecule has 100 valence electrons. The van der Waals surface area contributed by atoms with Crippen LogP contribution in [-0.4, -0.2) is 59.8 Å². The van der Waals surface area contributed by atoms with Crippen molar-refractivity contribution in [2.24, 2.45) is 0 Å². The molecule has 0 aromatic rings. The van der Waals surface area contributed by atoms with E-state index in [9.17, 15) is 5.11 Å². The summed E-state index contributed by atoms with van der Waals surface area (Å²) >= 11 is 0. The van der Waals surface area contributed by atoms with Crippen LogP contribution in [0.25, 0.3) is 0 Å². The number of hydrogen-bond acceptors (Lipinski definition) is 3. The second-order valence-corrected chi connectivity index (χ2v) is 5.99. The molecule has 0 aromatic heterocycles. The number of likely N-dealkylation sites (N-methyl/N-ethyl adjacent to an activating group) is 1. The van der Waals surface area contributed by atoms with Crippen molar-refractivity contribution < 1.29 is 5.11 Å². The Morgan fingerprint density at radius 1 is 1.41 bits per heavy atom. The molecule has 0 amide bonds. The fourth-order valence-electron chi connectivity index (χ4n) is 3.71. The zero-order valence-corrected chi connectivity index (χ0v) is 11.5. The molecule has 2 heterocycles. The summed E-state index contributed by atoms with van der Waals surface area (Å²) in [7, 11) is 2.24. The summed E-state index contributed by atoms with van der Waals surface area (Å²) in [5.41, 5.74) is 0.163. The van der Waals surface area contributed by atoms with Crippen molar-refractivity contribution in [1.82, 2.24) is 9.80 Å². The van der Waals surface area contributed by atoms with Gasteiger partial charge >= 0.3 is 0 Å². The average molecular weight is 240 g/mol. The molecule has 2 unspecified atom stereocenters. The summed E-state index contributed by atoms with van der Waals surface area (Å²) in [4.78, 5) is 5.08. The third kappa shape index (κ3) is 2.67. The molecule has 3 nitrogen and oxygen atoms in total. The zero-order valence-electron chi connectivity index (χ0n) is 11.5. The first kappa shape index (κ1) is 13.3. The number of nitrogens with zero attached hydrogens (tertiary/aromatic N) is 2. The van der Waals surface area contributed by atoms with E-state index < -0.39 is 0 Å². The Hall–Kier alpha value is -0.120. The van der Waals surface area contributed by atoms with Crippen LogP contribution >= 0.6 is 0 Å². The minimum absolute atomic E-state index is 0.163. The molecule has 2 rings (SSSR count). The Kier molecular flexibility index (Phi) is 4.45. The molecule has 2 aliphatic heterocycles. The maximum Gasteiger partial charge on any atom is 0.0615 e. The van der Waals surface area contributed by atoms with Gasteiger partial charge in [-0.1, -0.05) is 13.3 Å². The van der Waals surface area contributed by atoms with Crippen molar-refractivity contribution in [1.29, 1.82) is 0 Å². The van der Waals surface area contributed by atoms with Crippen molar-refractivity contribution in [3.8, 4) is 0 Å². The summed E-state index contributed by atoms with van der Waals surface area (Å²) in [6.45, 7) is 6.21. The van der Waals surface area contributed by atoms with Crippen LogP contribution in [0.5, 0.6) is 0 Å². The minimum atomic E-state index is 0.163. The second kappa shape index (κ2) is 5.68. The highest BCUT2D eigenvalue weighted by molar-refractivity contribution is 5.04. The molecule has 0 spiro atoms. The molecule has 17 heavy (non-hydrogen) atoms.